The standard InChI is InChI=1S/C18H26BrN3O3S/c1-20-9-3-10-21(13-12-20)18(23)15-4-2-11-22(14-15)26(24,25)17-7-5-16(19)6-8-17/h5-8,15H,2-4,9-14H2,1H3. The van der Waals surface area contributed by atoms with Crippen LogP contribution in [0.5, 0.6) is 0 Å². The number of piperidine rings is 1. The molecular formula is C18H26BrN3O3S. The molecule has 144 valence electrons. The van der Waals surface area contributed by atoms with Crippen molar-refractivity contribution in [3.63, 3.8) is 0 Å². The minimum atomic E-state index is -3.56. The molecule has 1 aromatic rings. The summed E-state index contributed by atoms with van der Waals surface area (Å²) in [6.07, 6.45) is 2.45. The van der Waals surface area contributed by atoms with Gasteiger partial charge in [-0.15, -0.1) is 0 Å². The molecule has 2 saturated heterocycles. The van der Waals surface area contributed by atoms with E-state index in [1.807, 2.05) is 4.90 Å². The number of hydrogen-bond donors (Lipinski definition) is 0. The van der Waals surface area contributed by atoms with Gasteiger partial charge in [-0.05, 0) is 57.1 Å². The zero-order valence-corrected chi connectivity index (χ0v) is 17.5. The Morgan fingerprint density at radius 2 is 1.77 bits per heavy atom. The molecule has 8 heteroatoms. The second kappa shape index (κ2) is 8.37. The predicted octanol–water partition coefficient (Wildman–Crippen LogP) is 2.01. The molecule has 0 saturated carbocycles. The van der Waals surface area contributed by atoms with Gasteiger partial charge in [-0.2, -0.15) is 4.31 Å². The zero-order valence-electron chi connectivity index (χ0n) is 15.1. The minimum Gasteiger partial charge on any atom is -0.341 e. The molecule has 0 radical (unpaired) electrons. The van der Waals surface area contributed by atoms with Gasteiger partial charge in [0.05, 0.1) is 10.8 Å². The van der Waals surface area contributed by atoms with Gasteiger partial charge in [0, 0.05) is 37.2 Å². The predicted molar refractivity (Wildman–Crippen MR) is 104 cm³/mol. The molecule has 0 aliphatic carbocycles. The quantitative estimate of drug-likeness (QED) is 0.716. The maximum Gasteiger partial charge on any atom is 0.243 e. The molecule has 2 aliphatic rings. The van der Waals surface area contributed by atoms with Gasteiger partial charge in [0.25, 0.3) is 0 Å². The van der Waals surface area contributed by atoms with Gasteiger partial charge in [-0.25, -0.2) is 8.42 Å². The number of halogens is 1. The molecule has 6 nitrogen and oxygen atoms in total. The van der Waals surface area contributed by atoms with Crippen LogP contribution in [0, 0.1) is 5.92 Å². The summed E-state index contributed by atoms with van der Waals surface area (Å²) in [5.41, 5.74) is 0. The molecule has 2 fully saturated rings. The Bertz CT molecular complexity index is 739. The average molecular weight is 444 g/mol. The van der Waals surface area contributed by atoms with Gasteiger partial charge in [0.1, 0.15) is 0 Å². The van der Waals surface area contributed by atoms with E-state index >= 15 is 0 Å². The van der Waals surface area contributed by atoms with Gasteiger partial charge in [-0.1, -0.05) is 15.9 Å². The molecule has 0 bridgehead atoms. The molecule has 2 aliphatic heterocycles. The number of carbonyl (C=O) groups excluding carboxylic acids is 1. The summed E-state index contributed by atoms with van der Waals surface area (Å²) >= 11 is 3.33. The van der Waals surface area contributed by atoms with Crippen LogP contribution < -0.4 is 0 Å². The first-order chi connectivity index (χ1) is 12.4. The molecule has 1 amide bonds. The van der Waals surface area contributed by atoms with Crippen LogP contribution in [0.3, 0.4) is 0 Å². The maximum absolute atomic E-state index is 12.9. The van der Waals surface area contributed by atoms with E-state index in [1.54, 1.807) is 24.3 Å². The van der Waals surface area contributed by atoms with Crippen LogP contribution in [0.25, 0.3) is 0 Å². The lowest BCUT2D eigenvalue weighted by Crippen LogP contribution is -2.47. The maximum atomic E-state index is 12.9. The Hall–Kier alpha value is -0.960. The number of likely N-dealkylation sites (N-methyl/N-ethyl adjacent to an activating group) is 1. The third-order valence-corrected chi connectivity index (χ3v) is 7.62. The third-order valence-electron chi connectivity index (χ3n) is 5.22. The van der Waals surface area contributed by atoms with E-state index in [0.717, 1.165) is 49.9 Å². The van der Waals surface area contributed by atoms with Crippen LogP contribution in [0.1, 0.15) is 19.3 Å². The molecule has 3 rings (SSSR count). The van der Waals surface area contributed by atoms with Crippen LogP contribution in [0.4, 0.5) is 0 Å². The number of benzene rings is 1. The average Bonchev–Trinajstić information content (AvgIpc) is 2.86. The number of sulfonamides is 1. The van der Waals surface area contributed by atoms with E-state index in [-0.39, 0.29) is 23.3 Å². The van der Waals surface area contributed by atoms with Crippen molar-refractivity contribution in [3.8, 4) is 0 Å². The summed E-state index contributed by atoms with van der Waals surface area (Å²) in [7, 11) is -1.49. The first kappa shape index (κ1) is 19.8. The van der Waals surface area contributed by atoms with E-state index in [2.05, 4.69) is 27.9 Å². The molecule has 26 heavy (non-hydrogen) atoms. The summed E-state index contributed by atoms with van der Waals surface area (Å²) in [6.45, 7) is 4.12. The van der Waals surface area contributed by atoms with Crippen LogP contribution >= 0.6 is 15.9 Å². The largest absolute Gasteiger partial charge is 0.341 e. The lowest BCUT2D eigenvalue weighted by molar-refractivity contribution is -0.136. The van der Waals surface area contributed by atoms with Crippen LogP contribution in [0.15, 0.2) is 33.6 Å². The van der Waals surface area contributed by atoms with Crippen molar-refractivity contribution in [1.82, 2.24) is 14.1 Å². The Morgan fingerprint density at radius 3 is 2.50 bits per heavy atom. The van der Waals surface area contributed by atoms with E-state index in [9.17, 15) is 13.2 Å². The molecule has 1 unspecified atom stereocenters. The lowest BCUT2D eigenvalue weighted by Gasteiger charge is -2.34. The van der Waals surface area contributed by atoms with E-state index < -0.39 is 10.0 Å². The fourth-order valence-electron chi connectivity index (χ4n) is 3.64. The molecule has 0 spiro atoms. The van der Waals surface area contributed by atoms with Crippen LogP contribution in [-0.4, -0.2) is 74.7 Å². The highest BCUT2D eigenvalue weighted by atomic mass is 79.9. The van der Waals surface area contributed by atoms with E-state index in [4.69, 9.17) is 0 Å². The molecule has 0 N–H and O–H groups in total. The Morgan fingerprint density at radius 1 is 1.04 bits per heavy atom. The van der Waals surface area contributed by atoms with Crippen LogP contribution in [0.2, 0.25) is 0 Å². The lowest BCUT2D eigenvalue weighted by atomic mass is 9.98. The van der Waals surface area contributed by atoms with Crippen molar-refractivity contribution in [2.24, 2.45) is 5.92 Å². The number of amides is 1. The van der Waals surface area contributed by atoms with Gasteiger partial charge in [-0.3, -0.25) is 4.79 Å². The molecular weight excluding hydrogens is 418 g/mol. The first-order valence-corrected chi connectivity index (χ1v) is 11.3. The van der Waals surface area contributed by atoms with E-state index in [1.165, 1.54) is 4.31 Å². The van der Waals surface area contributed by atoms with Gasteiger partial charge < -0.3 is 9.80 Å². The Kier molecular flexibility index (Phi) is 6.37. The Balaban J connectivity index is 1.70. The van der Waals surface area contributed by atoms with E-state index in [0.29, 0.717) is 6.54 Å². The molecule has 1 aromatic carbocycles. The summed E-state index contributed by atoms with van der Waals surface area (Å²) in [4.78, 5) is 17.4. The zero-order chi connectivity index (χ0) is 18.7. The first-order valence-electron chi connectivity index (χ1n) is 9.11. The summed E-state index contributed by atoms with van der Waals surface area (Å²) < 4.78 is 28.2. The number of carbonyl (C=O) groups is 1. The minimum absolute atomic E-state index is 0.107. The van der Waals surface area contributed by atoms with Crippen molar-refractivity contribution in [3.05, 3.63) is 28.7 Å². The highest BCUT2D eigenvalue weighted by molar-refractivity contribution is 9.10. The fourth-order valence-corrected chi connectivity index (χ4v) is 5.43. The summed E-state index contributed by atoms with van der Waals surface area (Å²) in [6, 6.07) is 6.67. The van der Waals surface area contributed by atoms with Crippen molar-refractivity contribution in [2.45, 2.75) is 24.2 Å². The highest BCUT2D eigenvalue weighted by Gasteiger charge is 2.35. The molecule has 2 heterocycles. The summed E-state index contributed by atoms with van der Waals surface area (Å²) in [5.74, 6) is -0.131. The monoisotopic (exact) mass is 443 g/mol. The third kappa shape index (κ3) is 4.47. The van der Waals surface area contributed by atoms with Gasteiger partial charge in [0.2, 0.25) is 15.9 Å². The molecule has 0 aromatic heterocycles. The van der Waals surface area contributed by atoms with Crippen molar-refractivity contribution >= 4 is 31.9 Å². The SMILES string of the molecule is CN1CCCN(C(=O)C2CCCN(S(=O)(=O)c3ccc(Br)cc3)C2)CC1. The normalized spacial score (nSPS) is 23.6. The second-order valence-corrected chi connectivity index (χ2v) is 9.99. The summed E-state index contributed by atoms with van der Waals surface area (Å²) in [5, 5.41) is 0. The fraction of sp³-hybridized carbons (Fsp3) is 0.611. The van der Waals surface area contributed by atoms with Crippen LogP contribution in [-0.2, 0) is 14.8 Å². The van der Waals surface area contributed by atoms with Gasteiger partial charge in [0.15, 0.2) is 0 Å². The second-order valence-electron chi connectivity index (χ2n) is 7.14. The smallest absolute Gasteiger partial charge is 0.243 e. The van der Waals surface area contributed by atoms with Crippen molar-refractivity contribution in [2.75, 3.05) is 46.3 Å². The number of nitrogens with zero attached hydrogens (tertiary/aromatic N) is 3. The highest BCUT2D eigenvalue weighted by Crippen LogP contribution is 2.26. The van der Waals surface area contributed by atoms with Gasteiger partial charge >= 0.3 is 0 Å². The number of hydrogen-bond acceptors (Lipinski definition) is 4. The number of rotatable bonds is 3. The Labute approximate surface area is 164 Å². The van der Waals surface area contributed by atoms with Crippen molar-refractivity contribution in [1.29, 1.82) is 0 Å². The molecule has 1 atom stereocenters. The van der Waals surface area contributed by atoms with Crippen molar-refractivity contribution < 1.29 is 13.2 Å². The topological polar surface area (TPSA) is 60.9 Å².